The third-order valence-corrected chi connectivity index (χ3v) is 7.49. The first-order chi connectivity index (χ1) is 14.6. The molecular formula is C22H22N4O3S. The summed E-state index contributed by atoms with van der Waals surface area (Å²) in [6.45, 7) is 1.99. The highest BCUT2D eigenvalue weighted by molar-refractivity contribution is 7.89. The fraction of sp³-hybridized carbons (Fsp3) is 0.227. The number of para-hydroxylation sites is 2. The summed E-state index contributed by atoms with van der Waals surface area (Å²) < 4.78 is 34.9. The molecule has 30 heavy (non-hydrogen) atoms. The highest BCUT2D eigenvalue weighted by Gasteiger charge is 2.29. The fourth-order valence-corrected chi connectivity index (χ4v) is 5.40. The van der Waals surface area contributed by atoms with Crippen LogP contribution in [-0.4, -0.2) is 55.4 Å². The van der Waals surface area contributed by atoms with Gasteiger partial charge in [-0.25, -0.2) is 13.4 Å². The van der Waals surface area contributed by atoms with E-state index < -0.39 is 10.0 Å². The summed E-state index contributed by atoms with van der Waals surface area (Å²) in [7, 11) is -1.97. The molecule has 1 saturated heterocycles. The van der Waals surface area contributed by atoms with Gasteiger partial charge in [0.05, 0.1) is 28.6 Å². The van der Waals surface area contributed by atoms with E-state index in [9.17, 15) is 8.42 Å². The molecule has 7 nitrogen and oxygen atoms in total. The van der Waals surface area contributed by atoms with Crippen molar-refractivity contribution in [3.8, 4) is 5.75 Å². The Bertz CT molecular complexity index is 1310. The number of aromatic nitrogens is 2. The molecule has 8 heteroatoms. The van der Waals surface area contributed by atoms with Crippen LogP contribution in [-0.2, 0) is 10.0 Å². The SMILES string of the molecule is COc1ccc(S(=O)(=O)N2CCN(c3nc4ccccc4n4cccc34)CC2)cc1. The number of methoxy groups -OCH3 is 1. The van der Waals surface area contributed by atoms with Gasteiger partial charge in [0.2, 0.25) is 10.0 Å². The van der Waals surface area contributed by atoms with Gasteiger partial charge in [0.1, 0.15) is 5.75 Å². The van der Waals surface area contributed by atoms with Crippen LogP contribution in [0.3, 0.4) is 0 Å². The van der Waals surface area contributed by atoms with Gasteiger partial charge >= 0.3 is 0 Å². The topological polar surface area (TPSA) is 67.2 Å². The number of hydrogen-bond donors (Lipinski definition) is 0. The monoisotopic (exact) mass is 422 g/mol. The third-order valence-electron chi connectivity index (χ3n) is 5.58. The number of sulfonamides is 1. The predicted octanol–water partition coefficient (Wildman–Crippen LogP) is 3.01. The van der Waals surface area contributed by atoms with E-state index in [1.54, 1.807) is 35.7 Å². The molecule has 3 heterocycles. The van der Waals surface area contributed by atoms with Crippen molar-refractivity contribution >= 4 is 32.4 Å². The Labute approximate surface area is 175 Å². The van der Waals surface area contributed by atoms with E-state index >= 15 is 0 Å². The number of ether oxygens (including phenoxy) is 1. The Hall–Kier alpha value is -3.10. The zero-order valence-electron chi connectivity index (χ0n) is 16.6. The standard InChI is InChI=1S/C22H22N4O3S/c1-29-17-8-10-18(11-9-17)30(27,28)25-15-13-24(14-16-25)22-21-7-4-12-26(21)20-6-3-2-5-19(20)23-22/h2-12H,13-16H2,1H3. The molecular weight excluding hydrogens is 400 g/mol. The highest BCUT2D eigenvalue weighted by Crippen LogP contribution is 2.27. The van der Waals surface area contributed by atoms with Gasteiger partial charge in [0.25, 0.3) is 0 Å². The summed E-state index contributed by atoms with van der Waals surface area (Å²) >= 11 is 0. The van der Waals surface area contributed by atoms with Crippen LogP contribution in [0.15, 0.2) is 71.8 Å². The number of benzene rings is 2. The molecule has 0 amide bonds. The maximum Gasteiger partial charge on any atom is 0.243 e. The van der Waals surface area contributed by atoms with E-state index in [-0.39, 0.29) is 4.90 Å². The molecule has 0 bridgehead atoms. The molecule has 2 aromatic carbocycles. The van der Waals surface area contributed by atoms with Crippen LogP contribution >= 0.6 is 0 Å². The molecule has 5 rings (SSSR count). The van der Waals surface area contributed by atoms with Crippen molar-refractivity contribution in [3.05, 3.63) is 66.9 Å². The molecule has 0 atom stereocenters. The van der Waals surface area contributed by atoms with E-state index in [0.717, 1.165) is 22.4 Å². The zero-order chi connectivity index (χ0) is 20.7. The van der Waals surface area contributed by atoms with E-state index in [0.29, 0.717) is 31.9 Å². The van der Waals surface area contributed by atoms with E-state index in [4.69, 9.17) is 9.72 Å². The van der Waals surface area contributed by atoms with E-state index in [1.165, 1.54) is 0 Å². The Morgan fingerprint density at radius 1 is 0.867 bits per heavy atom. The summed E-state index contributed by atoms with van der Waals surface area (Å²) in [6, 6.07) is 18.6. The molecule has 1 aliphatic rings. The molecule has 154 valence electrons. The predicted molar refractivity (Wildman–Crippen MR) is 117 cm³/mol. The van der Waals surface area contributed by atoms with Crippen LogP contribution in [0.2, 0.25) is 0 Å². The normalized spacial score (nSPS) is 15.7. The summed E-state index contributed by atoms with van der Waals surface area (Å²) in [5.41, 5.74) is 3.01. The van der Waals surface area contributed by atoms with Crippen LogP contribution in [0.25, 0.3) is 16.6 Å². The summed E-state index contributed by atoms with van der Waals surface area (Å²) in [5.74, 6) is 1.53. The fourth-order valence-electron chi connectivity index (χ4n) is 3.98. The highest BCUT2D eigenvalue weighted by atomic mass is 32.2. The Balaban J connectivity index is 1.41. The molecule has 0 unspecified atom stereocenters. The third kappa shape index (κ3) is 3.09. The number of fused-ring (bicyclic) bond motifs is 3. The summed E-state index contributed by atoms with van der Waals surface area (Å²) in [5, 5.41) is 0. The molecule has 1 aliphatic heterocycles. The average molecular weight is 423 g/mol. The van der Waals surface area contributed by atoms with Crippen LogP contribution in [0.4, 0.5) is 5.82 Å². The molecule has 0 N–H and O–H groups in total. The Kier molecular flexibility index (Phi) is 4.60. The lowest BCUT2D eigenvalue weighted by atomic mass is 10.2. The zero-order valence-corrected chi connectivity index (χ0v) is 17.4. The second-order valence-electron chi connectivity index (χ2n) is 7.25. The molecule has 0 aliphatic carbocycles. The minimum Gasteiger partial charge on any atom is -0.497 e. The maximum absolute atomic E-state index is 13.0. The maximum atomic E-state index is 13.0. The van der Waals surface area contributed by atoms with Crippen molar-refractivity contribution in [1.82, 2.24) is 13.7 Å². The van der Waals surface area contributed by atoms with Crippen molar-refractivity contribution in [3.63, 3.8) is 0 Å². The van der Waals surface area contributed by atoms with Gasteiger partial charge in [-0.3, -0.25) is 0 Å². The minimum atomic E-state index is -3.53. The van der Waals surface area contributed by atoms with Gasteiger partial charge < -0.3 is 14.0 Å². The van der Waals surface area contributed by atoms with Gasteiger partial charge in [-0.1, -0.05) is 12.1 Å². The quantitative estimate of drug-likeness (QED) is 0.506. The lowest BCUT2D eigenvalue weighted by molar-refractivity contribution is 0.384. The number of nitrogens with zero attached hydrogens (tertiary/aromatic N) is 4. The molecule has 0 saturated carbocycles. The first-order valence-electron chi connectivity index (χ1n) is 9.83. The average Bonchev–Trinajstić information content (AvgIpc) is 3.29. The smallest absolute Gasteiger partial charge is 0.243 e. The van der Waals surface area contributed by atoms with Crippen molar-refractivity contribution < 1.29 is 13.2 Å². The Morgan fingerprint density at radius 3 is 2.30 bits per heavy atom. The van der Waals surface area contributed by atoms with Crippen molar-refractivity contribution in [2.75, 3.05) is 38.2 Å². The van der Waals surface area contributed by atoms with Gasteiger partial charge in [-0.15, -0.1) is 0 Å². The lowest BCUT2D eigenvalue weighted by Crippen LogP contribution is -2.49. The molecule has 4 aromatic rings. The van der Waals surface area contributed by atoms with Crippen molar-refractivity contribution in [2.45, 2.75) is 4.90 Å². The lowest BCUT2D eigenvalue weighted by Gasteiger charge is -2.35. The molecule has 0 spiro atoms. The van der Waals surface area contributed by atoms with Crippen LogP contribution in [0.5, 0.6) is 5.75 Å². The van der Waals surface area contributed by atoms with Crippen molar-refractivity contribution in [2.24, 2.45) is 0 Å². The van der Waals surface area contributed by atoms with Gasteiger partial charge in [-0.05, 0) is 48.5 Å². The molecule has 1 fully saturated rings. The first kappa shape index (κ1) is 18.9. The van der Waals surface area contributed by atoms with Gasteiger partial charge in [0, 0.05) is 32.4 Å². The van der Waals surface area contributed by atoms with Crippen LogP contribution in [0, 0.1) is 0 Å². The van der Waals surface area contributed by atoms with Gasteiger partial charge in [0.15, 0.2) is 5.82 Å². The van der Waals surface area contributed by atoms with E-state index in [2.05, 4.69) is 21.4 Å². The number of anilines is 1. The first-order valence-corrected chi connectivity index (χ1v) is 11.3. The Morgan fingerprint density at radius 2 is 1.57 bits per heavy atom. The van der Waals surface area contributed by atoms with E-state index in [1.807, 2.05) is 30.5 Å². The summed E-state index contributed by atoms with van der Waals surface area (Å²) in [4.78, 5) is 7.34. The minimum absolute atomic E-state index is 0.287. The summed E-state index contributed by atoms with van der Waals surface area (Å²) in [6.07, 6.45) is 2.03. The molecule has 2 aromatic heterocycles. The number of piperazine rings is 1. The van der Waals surface area contributed by atoms with Crippen molar-refractivity contribution in [1.29, 1.82) is 0 Å². The number of hydrogen-bond acceptors (Lipinski definition) is 5. The number of rotatable bonds is 4. The van der Waals surface area contributed by atoms with Crippen LogP contribution in [0.1, 0.15) is 0 Å². The second-order valence-corrected chi connectivity index (χ2v) is 9.19. The van der Waals surface area contributed by atoms with Gasteiger partial charge in [-0.2, -0.15) is 4.31 Å². The van der Waals surface area contributed by atoms with Crippen LogP contribution < -0.4 is 9.64 Å². The largest absolute Gasteiger partial charge is 0.497 e. The molecule has 0 radical (unpaired) electrons. The second kappa shape index (κ2) is 7.30.